The minimum atomic E-state index is -2.58. The molecule has 0 aromatic carbocycles. The van der Waals surface area contributed by atoms with Crippen molar-refractivity contribution in [2.45, 2.75) is 56.7 Å². The first-order valence-electron chi connectivity index (χ1n) is 10.8. The summed E-state index contributed by atoms with van der Waals surface area (Å²) in [4.78, 5) is 34.3. The molecule has 0 aliphatic carbocycles. The van der Waals surface area contributed by atoms with Crippen LogP contribution in [0.25, 0.3) is 0 Å². The largest absolute Gasteiger partial charge is 0.346 e. The molecule has 30 heavy (non-hydrogen) atoms. The first-order chi connectivity index (χ1) is 14.5. The quantitative estimate of drug-likeness (QED) is 0.348. The number of hydroxylamine groups is 3. The zero-order valence-corrected chi connectivity index (χ0v) is 17.8. The van der Waals surface area contributed by atoms with Crippen LogP contribution in [0.5, 0.6) is 0 Å². The van der Waals surface area contributed by atoms with Gasteiger partial charge in [0.15, 0.2) is 0 Å². The molecule has 5 atom stereocenters. The van der Waals surface area contributed by atoms with Crippen molar-refractivity contribution in [1.82, 2.24) is 25.7 Å². The molecule has 3 amide bonds. The molecule has 3 N–H and O–H groups in total. The second kappa shape index (κ2) is 9.88. The van der Waals surface area contributed by atoms with E-state index in [1.54, 1.807) is 0 Å². The maximum absolute atomic E-state index is 12.5. The highest BCUT2D eigenvalue weighted by molar-refractivity contribution is 7.74. The number of likely N-dealkylation sites (tertiary alicyclic amines) is 1. The summed E-state index contributed by atoms with van der Waals surface area (Å²) in [5.74, 6) is 0.226. The molecule has 0 aromatic rings. The van der Waals surface area contributed by atoms with Crippen molar-refractivity contribution in [2.24, 2.45) is 5.92 Å². The van der Waals surface area contributed by atoms with Gasteiger partial charge < -0.3 is 15.1 Å². The molecule has 3 unspecified atom stereocenters. The Bertz CT molecular complexity index is 663. The van der Waals surface area contributed by atoms with E-state index in [0.29, 0.717) is 25.4 Å². The Kier molecular flexibility index (Phi) is 7.21. The lowest BCUT2D eigenvalue weighted by Gasteiger charge is -2.29. The Morgan fingerprint density at radius 1 is 1.27 bits per heavy atom. The molecule has 12 heteroatoms. The van der Waals surface area contributed by atoms with Crippen molar-refractivity contribution >= 4 is 23.3 Å². The number of hydrogen-bond donors (Lipinski definition) is 3. The molecule has 4 aliphatic rings. The van der Waals surface area contributed by atoms with Gasteiger partial charge in [-0.1, -0.05) is 6.42 Å². The maximum Gasteiger partial charge on any atom is 0.346 e. The number of amides is 3. The Balaban J connectivity index is 1.17. The Labute approximate surface area is 178 Å². The van der Waals surface area contributed by atoms with Crippen molar-refractivity contribution in [3.8, 4) is 0 Å². The van der Waals surface area contributed by atoms with Crippen LogP contribution in [-0.2, 0) is 25.3 Å². The second-order valence-electron chi connectivity index (χ2n) is 8.64. The highest BCUT2D eigenvalue weighted by atomic mass is 32.2. The Morgan fingerprint density at radius 2 is 2.07 bits per heavy atom. The van der Waals surface area contributed by atoms with Crippen LogP contribution in [0.3, 0.4) is 0 Å². The molecule has 0 aromatic heterocycles. The van der Waals surface area contributed by atoms with E-state index in [-0.39, 0.29) is 24.5 Å². The molecule has 0 spiro atoms. The van der Waals surface area contributed by atoms with E-state index in [0.717, 1.165) is 24.6 Å². The van der Waals surface area contributed by atoms with Gasteiger partial charge in [0, 0.05) is 19.1 Å². The van der Waals surface area contributed by atoms with Crippen LogP contribution in [0, 0.1) is 5.92 Å². The molecule has 0 saturated carbocycles. The lowest BCUT2D eigenvalue weighted by atomic mass is 10.0. The normalized spacial score (nSPS) is 33.2. The summed E-state index contributed by atoms with van der Waals surface area (Å²) in [6.45, 7) is 5.14. The maximum atomic E-state index is 12.5. The Morgan fingerprint density at radius 3 is 2.83 bits per heavy atom. The third-order valence-corrected chi connectivity index (χ3v) is 6.79. The van der Waals surface area contributed by atoms with Gasteiger partial charge in [-0.3, -0.25) is 14.2 Å². The van der Waals surface area contributed by atoms with Crippen molar-refractivity contribution in [3.63, 3.8) is 0 Å². The molecule has 2 bridgehead atoms. The molecule has 4 rings (SSSR count). The predicted molar refractivity (Wildman–Crippen MR) is 107 cm³/mol. The molecule has 11 nitrogen and oxygen atoms in total. The molecular formula is C18H31N5O6S. The van der Waals surface area contributed by atoms with Crippen molar-refractivity contribution in [2.75, 3.05) is 39.3 Å². The van der Waals surface area contributed by atoms with Crippen LogP contribution < -0.4 is 10.8 Å². The SMILES string of the molecule is O=C(NOC[C@@H]1C[C@@H](CN2CCCCC2)CN1)C1CCC2CN1C(=O)N2OS(=O)O. The van der Waals surface area contributed by atoms with Crippen molar-refractivity contribution < 1.29 is 27.5 Å². The number of nitrogens with zero attached hydrogens (tertiary/aromatic N) is 3. The minimum absolute atomic E-state index is 0.202. The first-order valence-corrected chi connectivity index (χ1v) is 11.8. The first kappa shape index (κ1) is 21.9. The van der Waals surface area contributed by atoms with Gasteiger partial charge in [-0.2, -0.15) is 9.27 Å². The van der Waals surface area contributed by atoms with Gasteiger partial charge in [-0.05, 0) is 57.7 Å². The highest BCUT2D eigenvalue weighted by Crippen LogP contribution is 2.30. The van der Waals surface area contributed by atoms with Crippen LogP contribution in [0.2, 0.25) is 0 Å². The van der Waals surface area contributed by atoms with Gasteiger partial charge in [0.2, 0.25) is 0 Å². The van der Waals surface area contributed by atoms with Crippen molar-refractivity contribution in [1.29, 1.82) is 0 Å². The average Bonchev–Trinajstić information content (AvgIpc) is 3.27. The predicted octanol–water partition coefficient (Wildman–Crippen LogP) is -0.165. The van der Waals surface area contributed by atoms with E-state index in [1.165, 1.54) is 37.3 Å². The van der Waals surface area contributed by atoms with Crippen LogP contribution in [-0.4, -0.2) is 93.0 Å². The molecule has 4 aliphatic heterocycles. The summed E-state index contributed by atoms with van der Waals surface area (Å²) in [6.07, 6.45) is 5.91. The van der Waals surface area contributed by atoms with Gasteiger partial charge in [0.05, 0.1) is 12.6 Å². The fourth-order valence-electron chi connectivity index (χ4n) is 5.03. The number of hydrogen-bond acceptors (Lipinski definition) is 7. The van der Waals surface area contributed by atoms with E-state index < -0.39 is 23.4 Å². The summed E-state index contributed by atoms with van der Waals surface area (Å²) >= 11 is -2.58. The summed E-state index contributed by atoms with van der Waals surface area (Å²) in [5.41, 5.74) is 2.48. The van der Waals surface area contributed by atoms with Gasteiger partial charge >= 0.3 is 17.4 Å². The minimum Gasteiger partial charge on any atom is -0.311 e. The van der Waals surface area contributed by atoms with Gasteiger partial charge in [0.1, 0.15) is 6.04 Å². The number of carbonyl (C=O) groups excluding carboxylic acids is 2. The van der Waals surface area contributed by atoms with E-state index in [9.17, 15) is 13.8 Å². The number of rotatable bonds is 8. The molecule has 4 heterocycles. The molecule has 170 valence electrons. The number of nitrogens with one attached hydrogen (secondary N) is 2. The zero-order valence-electron chi connectivity index (χ0n) is 17.0. The summed E-state index contributed by atoms with van der Waals surface area (Å²) in [6, 6.07) is -1.36. The fourth-order valence-corrected chi connectivity index (χ4v) is 5.35. The summed E-state index contributed by atoms with van der Waals surface area (Å²) in [7, 11) is 0. The van der Waals surface area contributed by atoms with Crippen LogP contribution in [0.15, 0.2) is 0 Å². The number of fused-ring (bicyclic) bond motifs is 2. The summed E-state index contributed by atoms with van der Waals surface area (Å²) in [5, 5.41) is 4.36. The van der Waals surface area contributed by atoms with Crippen LogP contribution in [0.4, 0.5) is 4.79 Å². The van der Waals surface area contributed by atoms with E-state index in [1.807, 2.05) is 0 Å². The standard InChI is InChI=1S/C18H31N5O6S/c24-17(16-5-4-15-11-22(16)18(25)23(15)29-30(26)27)20-28-12-14-8-13(9-19-14)10-21-6-2-1-3-7-21/h13-16,19H,1-12H2,(H,20,24)(H,26,27)/t13-,14+,15?,16?/m1/s1. The lowest BCUT2D eigenvalue weighted by Crippen LogP contribution is -2.50. The van der Waals surface area contributed by atoms with E-state index in [4.69, 9.17) is 9.39 Å². The topological polar surface area (TPSA) is 124 Å². The average molecular weight is 446 g/mol. The number of piperidine rings is 2. The van der Waals surface area contributed by atoms with E-state index in [2.05, 4.69) is 20.0 Å². The van der Waals surface area contributed by atoms with E-state index >= 15 is 0 Å². The molecular weight excluding hydrogens is 414 g/mol. The van der Waals surface area contributed by atoms with Crippen LogP contribution >= 0.6 is 0 Å². The Hall–Kier alpha value is -1.31. The van der Waals surface area contributed by atoms with Gasteiger partial charge in [-0.25, -0.2) is 10.3 Å². The zero-order chi connectivity index (χ0) is 21.1. The lowest BCUT2D eigenvalue weighted by molar-refractivity contribution is -0.139. The van der Waals surface area contributed by atoms with Gasteiger partial charge in [-0.15, -0.1) is 4.28 Å². The second-order valence-corrected chi connectivity index (χ2v) is 9.23. The molecule has 4 saturated heterocycles. The molecule has 4 fully saturated rings. The third-order valence-electron chi connectivity index (χ3n) is 6.50. The summed E-state index contributed by atoms with van der Waals surface area (Å²) < 4.78 is 24.4. The number of urea groups is 1. The van der Waals surface area contributed by atoms with Gasteiger partial charge in [0.25, 0.3) is 5.91 Å². The highest BCUT2D eigenvalue weighted by Gasteiger charge is 2.48. The fraction of sp³-hybridized carbons (Fsp3) is 0.889. The molecule has 0 radical (unpaired) electrons. The third kappa shape index (κ3) is 5.11. The van der Waals surface area contributed by atoms with Crippen molar-refractivity contribution in [3.05, 3.63) is 0 Å². The van der Waals surface area contributed by atoms with Crippen LogP contribution in [0.1, 0.15) is 38.5 Å². The smallest absolute Gasteiger partial charge is 0.311 e. The monoisotopic (exact) mass is 445 g/mol. The number of carbonyl (C=O) groups is 2.